The van der Waals surface area contributed by atoms with E-state index < -0.39 is 0 Å². The van der Waals surface area contributed by atoms with Gasteiger partial charge in [-0.2, -0.15) is 0 Å². The Balaban J connectivity index is 2.03. The molecule has 2 heterocycles. The summed E-state index contributed by atoms with van der Waals surface area (Å²) in [5, 5.41) is 3.21. The van der Waals surface area contributed by atoms with E-state index in [-0.39, 0.29) is 11.9 Å². The Bertz CT molecular complexity index is 416. The van der Waals surface area contributed by atoms with E-state index in [2.05, 4.69) is 29.6 Å². The first kappa shape index (κ1) is 9.85. The molecule has 84 valence electrons. The monoisotopic (exact) mass is 216 g/mol. The maximum Gasteiger partial charge on any atom is 0.237 e. The van der Waals surface area contributed by atoms with Crippen LogP contribution in [0.15, 0.2) is 24.3 Å². The molecule has 0 saturated carbocycles. The summed E-state index contributed by atoms with van der Waals surface area (Å²) < 4.78 is 0. The highest BCUT2D eigenvalue weighted by molar-refractivity contribution is 5.79. The standard InChI is InChI=1S/C13H16N2O/c16-13-9-14-8-12-11-6-2-1-4-10(11)5-3-7-15(12)13/h1-2,4,6,12,14H,3,5,7-9H2/t12-/m1/s1. The zero-order chi connectivity index (χ0) is 11.0. The number of carbonyl (C=O) groups excluding carboxylic acids is 1. The lowest BCUT2D eigenvalue weighted by Gasteiger charge is -2.35. The van der Waals surface area contributed by atoms with Crippen molar-refractivity contribution in [3.63, 3.8) is 0 Å². The summed E-state index contributed by atoms with van der Waals surface area (Å²) in [5.74, 6) is 0.243. The van der Waals surface area contributed by atoms with E-state index in [0.717, 1.165) is 25.9 Å². The zero-order valence-corrected chi connectivity index (χ0v) is 9.28. The van der Waals surface area contributed by atoms with E-state index in [9.17, 15) is 4.79 Å². The van der Waals surface area contributed by atoms with Crippen molar-refractivity contribution >= 4 is 5.91 Å². The van der Waals surface area contributed by atoms with Gasteiger partial charge in [0.05, 0.1) is 12.6 Å². The minimum Gasteiger partial charge on any atom is -0.333 e. The van der Waals surface area contributed by atoms with Crippen LogP contribution >= 0.6 is 0 Å². The van der Waals surface area contributed by atoms with Gasteiger partial charge < -0.3 is 10.2 Å². The van der Waals surface area contributed by atoms with E-state index >= 15 is 0 Å². The number of amides is 1. The van der Waals surface area contributed by atoms with E-state index in [1.807, 2.05) is 4.90 Å². The van der Waals surface area contributed by atoms with Crippen molar-refractivity contribution in [3.05, 3.63) is 35.4 Å². The van der Waals surface area contributed by atoms with Crippen LogP contribution in [0.3, 0.4) is 0 Å². The van der Waals surface area contributed by atoms with Gasteiger partial charge in [0.2, 0.25) is 5.91 Å². The summed E-state index contributed by atoms with van der Waals surface area (Å²) in [7, 11) is 0. The first-order valence-electron chi connectivity index (χ1n) is 5.94. The van der Waals surface area contributed by atoms with E-state index in [4.69, 9.17) is 0 Å². The fraction of sp³-hybridized carbons (Fsp3) is 0.462. The third-order valence-electron chi connectivity index (χ3n) is 3.57. The predicted octanol–water partition coefficient (Wildman–Crippen LogP) is 1.11. The molecule has 0 bridgehead atoms. The first-order valence-corrected chi connectivity index (χ1v) is 5.94. The number of piperazine rings is 1. The van der Waals surface area contributed by atoms with Crippen LogP contribution in [0.25, 0.3) is 0 Å². The molecule has 1 amide bonds. The van der Waals surface area contributed by atoms with E-state index in [1.54, 1.807) is 0 Å². The molecule has 0 aromatic heterocycles. The third-order valence-corrected chi connectivity index (χ3v) is 3.57. The minimum absolute atomic E-state index is 0.243. The molecular formula is C13H16N2O. The summed E-state index contributed by atoms with van der Waals surface area (Å²) in [6.07, 6.45) is 2.18. The summed E-state index contributed by atoms with van der Waals surface area (Å²) in [6, 6.07) is 8.77. The lowest BCUT2D eigenvalue weighted by atomic mass is 9.97. The van der Waals surface area contributed by atoms with Crippen LogP contribution in [0.1, 0.15) is 23.6 Å². The van der Waals surface area contributed by atoms with Gasteiger partial charge in [-0.1, -0.05) is 24.3 Å². The fourth-order valence-electron chi connectivity index (χ4n) is 2.79. The first-order chi connectivity index (χ1) is 7.86. The lowest BCUT2D eigenvalue weighted by molar-refractivity contribution is -0.134. The number of fused-ring (bicyclic) bond motifs is 3. The second-order valence-electron chi connectivity index (χ2n) is 4.54. The molecule has 1 fully saturated rings. The Morgan fingerprint density at radius 1 is 1.31 bits per heavy atom. The van der Waals surface area contributed by atoms with Crippen molar-refractivity contribution in [1.29, 1.82) is 0 Å². The topological polar surface area (TPSA) is 32.3 Å². The van der Waals surface area contributed by atoms with Crippen LogP contribution in [-0.2, 0) is 11.2 Å². The predicted molar refractivity (Wildman–Crippen MR) is 62.1 cm³/mol. The molecule has 3 rings (SSSR count). The van der Waals surface area contributed by atoms with Gasteiger partial charge in [-0.3, -0.25) is 4.79 Å². The largest absolute Gasteiger partial charge is 0.333 e. The number of nitrogens with zero attached hydrogens (tertiary/aromatic N) is 1. The Kier molecular flexibility index (Phi) is 2.40. The molecule has 0 spiro atoms. The molecule has 1 aromatic carbocycles. The second-order valence-corrected chi connectivity index (χ2v) is 4.54. The van der Waals surface area contributed by atoms with Crippen molar-refractivity contribution in [3.8, 4) is 0 Å². The van der Waals surface area contributed by atoms with Crippen LogP contribution in [0.4, 0.5) is 0 Å². The van der Waals surface area contributed by atoms with Crippen molar-refractivity contribution in [2.75, 3.05) is 19.6 Å². The Morgan fingerprint density at radius 2 is 2.19 bits per heavy atom. The SMILES string of the molecule is O=C1CNC[C@@H]2c3ccccc3CCCN12. The molecule has 2 aliphatic heterocycles. The number of nitrogens with one attached hydrogen (secondary N) is 1. The third kappa shape index (κ3) is 1.52. The average molecular weight is 216 g/mol. The minimum atomic E-state index is 0.243. The molecule has 1 N–H and O–H groups in total. The molecular weight excluding hydrogens is 200 g/mol. The van der Waals surface area contributed by atoms with Gasteiger partial charge in [-0.25, -0.2) is 0 Å². The number of hydrogen-bond acceptors (Lipinski definition) is 2. The molecule has 0 radical (unpaired) electrons. The number of aryl methyl sites for hydroxylation is 1. The van der Waals surface area contributed by atoms with E-state index in [0.29, 0.717) is 6.54 Å². The van der Waals surface area contributed by atoms with Crippen molar-refractivity contribution < 1.29 is 4.79 Å². The van der Waals surface area contributed by atoms with Gasteiger partial charge in [0, 0.05) is 13.1 Å². The maximum atomic E-state index is 11.9. The molecule has 2 aliphatic rings. The zero-order valence-electron chi connectivity index (χ0n) is 9.28. The lowest BCUT2D eigenvalue weighted by Crippen LogP contribution is -2.49. The van der Waals surface area contributed by atoms with Gasteiger partial charge in [0.25, 0.3) is 0 Å². The molecule has 16 heavy (non-hydrogen) atoms. The van der Waals surface area contributed by atoms with Crippen molar-refractivity contribution in [2.24, 2.45) is 0 Å². The summed E-state index contributed by atoms with van der Waals surface area (Å²) in [6.45, 7) is 2.29. The molecule has 1 atom stereocenters. The highest BCUT2D eigenvalue weighted by Crippen LogP contribution is 2.29. The van der Waals surface area contributed by atoms with Crippen LogP contribution in [0.5, 0.6) is 0 Å². The second kappa shape index (κ2) is 3.91. The normalized spacial score (nSPS) is 24.6. The number of rotatable bonds is 0. The fourth-order valence-corrected chi connectivity index (χ4v) is 2.79. The molecule has 1 aromatic rings. The van der Waals surface area contributed by atoms with Gasteiger partial charge in [-0.15, -0.1) is 0 Å². The average Bonchev–Trinajstić information content (AvgIpc) is 2.50. The number of hydrogen-bond donors (Lipinski definition) is 1. The summed E-state index contributed by atoms with van der Waals surface area (Å²) in [4.78, 5) is 13.9. The van der Waals surface area contributed by atoms with E-state index in [1.165, 1.54) is 11.1 Å². The highest BCUT2D eigenvalue weighted by atomic mass is 16.2. The smallest absolute Gasteiger partial charge is 0.237 e. The number of carbonyl (C=O) groups is 1. The van der Waals surface area contributed by atoms with Gasteiger partial charge in [-0.05, 0) is 24.0 Å². The van der Waals surface area contributed by atoms with Crippen LogP contribution < -0.4 is 5.32 Å². The van der Waals surface area contributed by atoms with Crippen molar-refractivity contribution in [1.82, 2.24) is 10.2 Å². The Morgan fingerprint density at radius 3 is 3.12 bits per heavy atom. The van der Waals surface area contributed by atoms with Crippen molar-refractivity contribution in [2.45, 2.75) is 18.9 Å². The van der Waals surface area contributed by atoms with Crippen LogP contribution in [0, 0.1) is 0 Å². The molecule has 1 saturated heterocycles. The molecule has 0 unspecified atom stereocenters. The highest BCUT2D eigenvalue weighted by Gasteiger charge is 2.31. The van der Waals surface area contributed by atoms with Gasteiger partial charge in [0.15, 0.2) is 0 Å². The van der Waals surface area contributed by atoms with Crippen LogP contribution in [0.2, 0.25) is 0 Å². The molecule has 3 nitrogen and oxygen atoms in total. The summed E-state index contributed by atoms with van der Waals surface area (Å²) in [5.41, 5.74) is 2.74. The van der Waals surface area contributed by atoms with Gasteiger partial charge >= 0.3 is 0 Å². The Hall–Kier alpha value is -1.35. The van der Waals surface area contributed by atoms with Crippen LogP contribution in [-0.4, -0.2) is 30.4 Å². The number of benzene rings is 1. The Labute approximate surface area is 95.4 Å². The molecule has 0 aliphatic carbocycles. The quantitative estimate of drug-likeness (QED) is 0.704. The molecule has 3 heteroatoms. The summed E-state index contributed by atoms with van der Waals surface area (Å²) >= 11 is 0. The maximum absolute atomic E-state index is 11.9. The van der Waals surface area contributed by atoms with Gasteiger partial charge in [0.1, 0.15) is 0 Å².